The number of pyridine rings is 1. The number of halogens is 1. The van der Waals surface area contributed by atoms with E-state index in [4.69, 9.17) is 9.31 Å². The molecule has 0 bridgehead atoms. The first-order valence-corrected chi connectivity index (χ1v) is 7.78. The van der Waals surface area contributed by atoms with Crippen molar-refractivity contribution in [3.05, 3.63) is 47.9 Å². The lowest BCUT2D eigenvalue weighted by Gasteiger charge is -2.32. The summed E-state index contributed by atoms with van der Waals surface area (Å²) in [7, 11) is -0.469. The largest absolute Gasteiger partial charge is 0.514 e. The van der Waals surface area contributed by atoms with E-state index in [0.29, 0.717) is 0 Å². The number of hydrogen-bond donors (Lipinski definition) is 0. The van der Waals surface area contributed by atoms with Crippen molar-refractivity contribution in [2.45, 2.75) is 45.8 Å². The molecular weight excluding hydrogens is 292 g/mol. The fourth-order valence-corrected chi connectivity index (χ4v) is 2.62. The fraction of sp³-hybridized carbons (Fsp3) is 0.389. The van der Waals surface area contributed by atoms with Crippen LogP contribution in [0.15, 0.2) is 36.5 Å². The van der Waals surface area contributed by atoms with E-state index in [9.17, 15) is 4.39 Å². The summed E-state index contributed by atoms with van der Waals surface area (Å²) in [5, 5.41) is 0. The van der Waals surface area contributed by atoms with Gasteiger partial charge in [0, 0.05) is 11.8 Å². The Hall–Kier alpha value is -1.72. The van der Waals surface area contributed by atoms with Crippen molar-refractivity contribution in [2.75, 3.05) is 0 Å². The highest BCUT2D eigenvalue weighted by molar-refractivity contribution is 6.61. The van der Waals surface area contributed by atoms with Gasteiger partial charge in [0.15, 0.2) is 0 Å². The van der Waals surface area contributed by atoms with Crippen LogP contribution in [0.25, 0.3) is 11.1 Å². The summed E-state index contributed by atoms with van der Waals surface area (Å²) >= 11 is 0. The molecule has 2 heterocycles. The Kier molecular flexibility index (Phi) is 3.81. The molecule has 0 unspecified atom stereocenters. The van der Waals surface area contributed by atoms with Gasteiger partial charge in [-0.1, -0.05) is 12.1 Å². The first-order valence-electron chi connectivity index (χ1n) is 7.78. The predicted octanol–water partition coefficient (Wildman–Crippen LogP) is 3.50. The van der Waals surface area contributed by atoms with E-state index in [1.807, 2.05) is 46.8 Å². The highest BCUT2D eigenvalue weighted by atomic mass is 19.1. The minimum Gasteiger partial charge on any atom is -0.398 e. The normalized spacial score (nSPS) is 19.1. The molecule has 5 heteroatoms. The number of aryl methyl sites for hydroxylation is 1. The Bertz CT molecular complexity index is 712. The van der Waals surface area contributed by atoms with Crippen LogP contribution in [0, 0.1) is 12.7 Å². The Morgan fingerprint density at radius 2 is 1.65 bits per heavy atom. The molecule has 120 valence electrons. The summed E-state index contributed by atoms with van der Waals surface area (Å²) in [6.45, 7) is 9.96. The van der Waals surface area contributed by atoms with Gasteiger partial charge >= 0.3 is 7.12 Å². The van der Waals surface area contributed by atoms with Crippen LogP contribution < -0.4 is 5.59 Å². The van der Waals surface area contributed by atoms with E-state index < -0.39 is 7.12 Å². The third-order valence-electron chi connectivity index (χ3n) is 4.78. The third kappa shape index (κ3) is 2.91. The van der Waals surface area contributed by atoms with Crippen molar-refractivity contribution in [3.8, 4) is 11.1 Å². The zero-order valence-electron chi connectivity index (χ0n) is 14.2. The summed E-state index contributed by atoms with van der Waals surface area (Å²) in [6.07, 6.45) is 1.78. The first kappa shape index (κ1) is 16.2. The average molecular weight is 313 g/mol. The Morgan fingerprint density at radius 1 is 1.00 bits per heavy atom. The summed E-state index contributed by atoms with van der Waals surface area (Å²) in [6, 6.07) is 8.63. The second-order valence-electron chi connectivity index (χ2n) is 7.02. The molecule has 0 radical (unpaired) electrons. The molecule has 3 rings (SSSR count). The highest BCUT2D eigenvalue weighted by Crippen LogP contribution is 2.36. The van der Waals surface area contributed by atoms with Crippen LogP contribution in [0.1, 0.15) is 33.3 Å². The van der Waals surface area contributed by atoms with Crippen molar-refractivity contribution in [1.82, 2.24) is 4.98 Å². The minimum absolute atomic E-state index is 0.229. The zero-order chi connectivity index (χ0) is 16.8. The maximum Gasteiger partial charge on any atom is 0.514 e. The smallest absolute Gasteiger partial charge is 0.398 e. The van der Waals surface area contributed by atoms with Gasteiger partial charge in [-0.05, 0) is 63.9 Å². The maximum atomic E-state index is 13.2. The molecule has 0 amide bonds. The summed E-state index contributed by atoms with van der Waals surface area (Å²) in [5.74, 6) is -0.229. The van der Waals surface area contributed by atoms with Crippen LogP contribution in [-0.2, 0) is 9.31 Å². The number of hydrogen-bond acceptors (Lipinski definition) is 3. The van der Waals surface area contributed by atoms with Crippen molar-refractivity contribution in [1.29, 1.82) is 0 Å². The molecule has 0 N–H and O–H groups in total. The van der Waals surface area contributed by atoms with Gasteiger partial charge in [-0.3, -0.25) is 4.98 Å². The minimum atomic E-state index is -0.469. The monoisotopic (exact) mass is 313 g/mol. The SMILES string of the molecule is Cc1cc(F)ccc1-c1ccc(B2OC(C)(C)C(C)(C)O2)nc1. The van der Waals surface area contributed by atoms with Gasteiger partial charge in [0.05, 0.1) is 16.8 Å². The predicted molar refractivity (Wildman–Crippen MR) is 90.1 cm³/mol. The molecule has 0 atom stereocenters. The van der Waals surface area contributed by atoms with Gasteiger partial charge in [0.2, 0.25) is 0 Å². The molecule has 23 heavy (non-hydrogen) atoms. The Morgan fingerprint density at radius 3 is 2.17 bits per heavy atom. The van der Waals surface area contributed by atoms with Crippen molar-refractivity contribution >= 4 is 12.7 Å². The first-order chi connectivity index (χ1) is 10.7. The van der Waals surface area contributed by atoms with E-state index in [1.165, 1.54) is 12.1 Å². The summed E-state index contributed by atoms with van der Waals surface area (Å²) < 4.78 is 25.2. The quantitative estimate of drug-likeness (QED) is 0.795. The topological polar surface area (TPSA) is 31.4 Å². The van der Waals surface area contributed by atoms with Crippen molar-refractivity contribution in [2.24, 2.45) is 0 Å². The van der Waals surface area contributed by atoms with Crippen molar-refractivity contribution in [3.63, 3.8) is 0 Å². The van der Waals surface area contributed by atoms with Gasteiger partial charge < -0.3 is 9.31 Å². The molecule has 0 spiro atoms. The molecule has 1 aromatic heterocycles. The van der Waals surface area contributed by atoms with Gasteiger partial charge in [-0.15, -0.1) is 0 Å². The van der Waals surface area contributed by atoms with Gasteiger partial charge in [0.25, 0.3) is 0 Å². The highest BCUT2D eigenvalue weighted by Gasteiger charge is 2.52. The van der Waals surface area contributed by atoms with Crippen LogP contribution >= 0.6 is 0 Å². The van der Waals surface area contributed by atoms with E-state index in [-0.39, 0.29) is 17.0 Å². The zero-order valence-corrected chi connectivity index (χ0v) is 14.2. The summed E-state index contributed by atoms with van der Waals surface area (Å²) in [5.41, 5.74) is 2.78. The Balaban J connectivity index is 1.86. The number of nitrogens with zero attached hydrogens (tertiary/aromatic N) is 1. The lowest BCUT2D eigenvalue weighted by atomic mass is 9.84. The van der Waals surface area contributed by atoms with Gasteiger partial charge in [-0.2, -0.15) is 0 Å². The molecule has 0 saturated carbocycles. The average Bonchev–Trinajstić information content (AvgIpc) is 2.68. The maximum absolute atomic E-state index is 13.2. The van der Waals surface area contributed by atoms with Crippen LogP contribution in [-0.4, -0.2) is 23.3 Å². The van der Waals surface area contributed by atoms with Crippen LogP contribution in [0.5, 0.6) is 0 Å². The van der Waals surface area contributed by atoms with Crippen LogP contribution in [0.2, 0.25) is 0 Å². The third-order valence-corrected chi connectivity index (χ3v) is 4.78. The van der Waals surface area contributed by atoms with E-state index in [2.05, 4.69) is 4.98 Å². The molecular formula is C18H21BFNO2. The molecule has 1 aliphatic rings. The molecule has 1 saturated heterocycles. The molecule has 1 fully saturated rings. The number of benzene rings is 1. The molecule has 1 aliphatic heterocycles. The van der Waals surface area contributed by atoms with Crippen LogP contribution in [0.4, 0.5) is 4.39 Å². The van der Waals surface area contributed by atoms with Gasteiger partial charge in [0.1, 0.15) is 5.82 Å². The molecule has 3 nitrogen and oxygen atoms in total. The van der Waals surface area contributed by atoms with E-state index in [0.717, 1.165) is 22.3 Å². The number of aromatic nitrogens is 1. The standard InChI is InChI=1S/C18H21BFNO2/c1-12-10-14(20)7-8-15(12)13-6-9-16(21-11-13)19-22-17(2,3)18(4,5)23-19/h6-11H,1-5H3. The van der Waals surface area contributed by atoms with E-state index in [1.54, 1.807) is 12.3 Å². The fourth-order valence-electron chi connectivity index (χ4n) is 2.62. The second-order valence-corrected chi connectivity index (χ2v) is 7.02. The number of rotatable bonds is 2. The molecule has 1 aromatic carbocycles. The lowest BCUT2D eigenvalue weighted by molar-refractivity contribution is 0.00578. The second kappa shape index (κ2) is 5.43. The van der Waals surface area contributed by atoms with Gasteiger partial charge in [-0.25, -0.2) is 4.39 Å². The molecule has 2 aromatic rings. The van der Waals surface area contributed by atoms with Crippen molar-refractivity contribution < 1.29 is 13.7 Å². The Labute approximate surface area is 137 Å². The summed E-state index contributed by atoms with van der Waals surface area (Å²) in [4.78, 5) is 4.49. The van der Waals surface area contributed by atoms with Crippen LogP contribution in [0.3, 0.4) is 0 Å². The lowest BCUT2D eigenvalue weighted by Crippen LogP contribution is -2.41. The van der Waals surface area contributed by atoms with E-state index >= 15 is 0 Å². The molecule has 0 aliphatic carbocycles.